The quantitative estimate of drug-likeness (QED) is 0.430. The molecule has 134 valence electrons. The Morgan fingerprint density at radius 2 is 2.25 bits per heavy atom. The lowest BCUT2D eigenvalue weighted by atomic mass is 10.2. The molecule has 24 heavy (non-hydrogen) atoms. The number of hydrogen-bond donors (Lipinski definition) is 2. The van der Waals surface area contributed by atoms with Crippen LogP contribution in [0, 0.1) is 0 Å². The number of hydrogen-bond acceptors (Lipinski definition) is 6. The van der Waals surface area contributed by atoms with Crippen LogP contribution in [-0.4, -0.2) is 70.4 Å². The lowest BCUT2D eigenvalue weighted by molar-refractivity contribution is -0.140. The van der Waals surface area contributed by atoms with Gasteiger partial charge in [0.2, 0.25) is 0 Å². The number of thiophene rings is 1. The van der Waals surface area contributed by atoms with Crippen molar-refractivity contribution >= 4 is 23.3 Å². The lowest BCUT2D eigenvalue weighted by Gasteiger charge is -2.34. The molecule has 0 spiro atoms. The minimum Gasteiger partial charge on any atom is -0.469 e. The van der Waals surface area contributed by atoms with Crippen molar-refractivity contribution in [1.29, 1.82) is 0 Å². The molecule has 1 unspecified atom stereocenters. The first-order chi connectivity index (χ1) is 11.7. The summed E-state index contributed by atoms with van der Waals surface area (Å²) in [5, 5.41) is 8.60. The molecule has 2 N–H and O–H groups in total. The number of carbonyl (C=O) groups is 1. The van der Waals surface area contributed by atoms with E-state index in [1.165, 1.54) is 12.0 Å². The number of morpholine rings is 1. The molecular weight excluding hydrogens is 328 g/mol. The summed E-state index contributed by atoms with van der Waals surface area (Å²) in [6.07, 6.45) is 0.315. The van der Waals surface area contributed by atoms with Crippen LogP contribution in [0.25, 0.3) is 0 Å². The summed E-state index contributed by atoms with van der Waals surface area (Å²) in [4.78, 5) is 19.1. The smallest absolute Gasteiger partial charge is 0.307 e. The number of aliphatic imine (C=N–C) groups is 1. The number of carbonyl (C=O) groups excluding carboxylic acids is 1. The largest absolute Gasteiger partial charge is 0.469 e. The van der Waals surface area contributed by atoms with Crippen molar-refractivity contribution in [3.05, 3.63) is 22.4 Å². The average Bonchev–Trinajstić information content (AvgIpc) is 3.15. The molecular formula is C16H26N4O3S. The molecule has 1 aromatic heterocycles. The predicted octanol–water partition coefficient (Wildman–Crippen LogP) is 0.850. The first-order valence-corrected chi connectivity index (χ1v) is 8.99. The number of guanidine groups is 1. The third kappa shape index (κ3) is 5.77. The molecule has 0 aliphatic carbocycles. The maximum Gasteiger partial charge on any atom is 0.307 e. The molecule has 2 rings (SSSR count). The second-order valence-electron chi connectivity index (χ2n) is 5.39. The molecule has 0 aromatic carbocycles. The minimum absolute atomic E-state index is 0.234. The topological polar surface area (TPSA) is 75.2 Å². The molecule has 1 aliphatic heterocycles. The number of ether oxygens (including phenoxy) is 2. The van der Waals surface area contributed by atoms with Gasteiger partial charge in [0.05, 0.1) is 32.8 Å². The van der Waals surface area contributed by atoms with Gasteiger partial charge in [-0.2, -0.15) is 0 Å². The standard InChI is InChI=1S/C16H26N4O3S/c1-17-16(18-6-5-15(21)22-2)19-12-13(14-4-3-11-24-14)20-7-9-23-10-8-20/h3-4,11,13H,5-10,12H2,1-2H3,(H2,17,18,19). The number of nitrogens with zero attached hydrogens (tertiary/aromatic N) is 2. The second-order valence-corrected chi connectivity index (χ2v) is 6.36. The molecule has 1 fully saturated rings. The zero-order valence-corrected chi connectivity index (χ0v) is 15.1. The van der Waals surface area contributed by atoms with E-state index < -0.39 is 0 Å². The van der Waals surface area contributed by atoms with Gasteiger partial charge >= 0.3 is 5.97 Å². The normalized spacial score (nSPS) is 17.3. The van der Waals surface area contributed by atoms with Crippen LogP contribution >= 0.6 is 11.3 Å². The first kappa shape index (κ1) is 18.7. The van der Waals surface area contributed by atoms with Crippen LogP contribution in [0.15, 0.2) is 22.5 Å². The van der Waals surface area contributed by atoms with E-state index in [9.17, 15) is 4.79 Å². The molecule has 8 heteroatoms. The van der Waals surface area contributed by atoms with Gasteiger partial charge in [0, 0.05) is 38.1 Å². The zero-order valence-electron chi connectivity index (χ0n) is 14.3. The molecule has 0 amide bonds. The molecule has 2 heterocycles. The summed E-state index contributed by atoms with van der Waals surface area (Å²) < 4.78 is 10.1. The van der Waals surface area contributed by atoms with E-state index in [0.29, 0.717) is 18.9 Å². The summed E-state index contributed by atoms with van der Waals surface area (Å²) in [7, 11) is 3.12. The maximum absolute atomic E-state index is 11.2. The lowest BCUT2D eigenvalue weighted by Crippen LogP contribution is -2.46. The van der Waals surface area contributed by atoms with Crippen molar-refractivity contribution in [2.75, 3.05) is 53.6 Å². The number of esters is 1. The zero-order chi connectivity index (χ0) is 17.2. The van der Waals surface area contributed by atoms with E-state index in [0.717, 1.165) is 32.8 Å². The molecule has 0 radical (unpaired) electrons. The Labute approximate surface area is 147 Å². The highest BCUT2D eigenvalue weighted by Crippen LogP contribution is 2.25. The van der Waals surface area contributed by atoms with Crippen LogP contribution in [0.2, 0.25) is 0 Å². The fraction of sp³-hybridized carbons (Fsp3) is 0.625. The van der Waals surface area contributed by atoms with Gasteiger partial charge in [0.25, 0.3) is 0 Å². The fourth-order valence-electron chi connectivity index (χ4n) is 2.58. The summed E-state index contributed by atoms with van der Waals surface area (Å²) in [6.45, 7) is 4.64. The maximum atomic E-state index is 11.2. The Morgan fingerprint density at radius 3 is 2.88 bits per heavy atom. The number of rotatable bonds is 7. The van der Waals surface area contributed by atoms with Gasteiger partial charge in [0.1, 0.15) is 0 Å². The van der Waals surface area contributed by atoms with Gasteiger partial charge in [-0.25, -0.2) is 0 Å². The molecule has 0 saturated carbocycles. The van der Waals surface area contributed by atoms with E-state index in [4.69, 9.17) is 4.74 Å². The van der Waals surface area contributed by atoms with Gasteiger partial charge in [-0.3, -0.25) is 14.7 Å². The monoisotopic (exact) mass is 354 g/mol. The Kier molecular flexibility index (Phi) is 8.00. The van der Waals surface area contributed by atoms with E-state index in [-0.39, 0.29) is 12.0 Å². The Hall–Kier alpha value is -1.64. The Bertz CT molecular complexity index is 515. The van der Waals surface area contributed by atoms with Crippen LogP contribution in [-0.2, 0) is 14.3 Å². The highest BCUT2D eigenvalue weighted by Gasteiger charge is 2.23. The number of nitrogens with one attached hydrogen (secondary N) is 2. The minimum atomic E-state index is -0.234. The van der Waals surface area contributed by atoms with E-state index in [2.05, 4.69) is 42.8 Å². The fourth-order valence-corrected chi connectivity index (χ4v) is 3.44. The van der Waals surface area contributed by atoms with Crippen molar-refractivity contribution in [1.82, 2.24) is 15.5 Å². The van der Waals surface area contributed by atoms with Crippen molar-refractivity contribution in [2.24, 2.45) is 4.99 Å². The molecule has 1 atom stereocenters. The van der Waals surface area contributed by atoms with Crippen molar-refractivity contribution in [3.8, 4) is 0 Å². The van der Waals surface area contributed by atoms with Crippen LogP contribution < -0.4 is 10.6 Å². The van der Waals surface area contributed by atoms with Crippen molar-refractivity contribution in [3.63, 3.8) is 0 Å². The van der Waals surface area contributed by atoms with Crippen LogP contribution in [0.4, 0.5) is 0 Å². The van der Waals surface area contributed by atoms with E-state index >= 15 is 0 Å². The van der Waals surface area contributed by atoms with Gasteiger partial charge in [-0.15, -0.1) is 11.3 Å². The van der Waals surface area contributed by atoms with Crippen LogP contribution in [0.1, 0.15) is 17.3 Å². The van der Waals surface area contributed by atoms with Crippen molar-refractivity contribution in [2.45, 2.75) is 12.5 Å². The third-order valence-corrected chi connectivity index (χ3v) is 4.87. The Balaban J connectivity index is 1.87. The Morgan fingerprint density at radius 1 is 1.46 bits per heavy atom. The molecule has 0 bridgehead atoms. The highest BCUT2D eigenvalue weighted by molar-refractivity contribution is 7.10. The molecule has 7 nitrogen and oxygen atoms in total. The summed E-state index contributed by atoms with van der Waals surface area (Å²) >= 11 is 1.76. The first-order valence-electron chi connectivity index (χ1n) is 8.11. The summed E-state index contributed by atoms with van der Waals surface area (Å²) in [5.41, 5.74) is 0. The summed E-state index contributed by atoms with van der Waals surface area (Å²) in [5.74, 6) is 0.455. The van der Waals surface area contributed by atoms with Gasteiger partial charge in [0.15, 0.2) is 5.96 Å². The average molecular weight is 354 g/mol. The van der Waals surface area contributed by atoms with Gasteiger partial charge in [-0.1, -0.05) is 6.07 Å². The molecule has 1 aromatic rings. The van der Waals surface area contributed by atoms with Crippen molar-refractivity contribution < 1.29 is 14.3 Å². The highest BCUT2D eigenvalue weighted by atomic mass is 32.1. The molecule has 1 saturated heterocycles. The SMILES string of the molecule is CN=C(NCCC(=O)OC)NCC(c1cccs1)N1CCOCC1. The van der Waals surface area contributed by atoms with E-state index in [1.54, 1.807) is 18.4 Å². The van der Waals surface area contributed by atoms with E-state index in [1.807, 2.05) is 0 Å². The van der Waals surface area contributed by atoms with Crippen LogP contribution in [0.5, 0.6) is 0 Å². The molecule has 1 aliphatic rings. The third-order valence-electron chi connectivity index (χ3n) is 3.89. The number of methoxy groups -OCH3 is 1. The van der Waals surface area contributed by atoms with Gasteiger partial charge in [-0.05, 0) is 11.4 Å². The van der Waals surface area contributed by atoms with Gasteiger partial charge < -0.3 is 20.1 Å². The van der Waals surface area contributed by atoms with Crippen LogP contribution in [0.3, 0.4) is 0 Å². The summed E-state index contributed by atoms with van der Waals surface area (Å²) in [6, 6.07) is 4.53. The second kappa shape index (κ2) is 10.3. The predicted molar refractivity (Wildman–Crippen MR) is 95.4 cm³/mol.